The minimum atomic E-state index is -1.23. The van der Waals surface area contributed by atoms with Crippen LogP contribution in [-0.2, 0) is 24.0 Å². The van der Waals surface area contributed by atoms with Gasteiger partial charge in [0.1, 0.15) is 29.1 Å². The number of carbonyl (C=O) groups is 4. The highest BCUT2D eigenvalue weighted by Crippen LogP contribution is 2.41. The molecule has 17 heteroatoms. The summed E-state index contributed by atoms with van der Waals surface area (Å²) >= 11 is 4.91. The second-order valence-corrected chi connectivity index (χ2v) is 10.7. The molecule has 2 amide bonds. The van der Waals surface area contributed by atoms with E-state index in [2.05, 4.69) is 29.7 Å². The monoisotopic (exact) mass is 541 g/mol. The van der Waals surface area contributed by atoms with Crippen LogP contribution >= 0.6 is 46.4 Å². The number of oxime groups is 1. The van der Waals surface area contributed by atoms with Crippen molar-refractivity contribution in [2.24, 2.45) is 5.16 Å². The van der Waals surface area contributed by atoms with Crippen molar-refractivity contribution in [3.63, 3.8) is 0 Å². The number of hydrogen-bond acceptors (Lipinski definition) is 14. The SMILES string of the molecule is CC(=O)ON=C(C(=O)NC1C(=O)N2C(C(=O)O)=C(CSc3ncns3)CS[C@@H]12)c1csc(N)n1. The number of aromatic nitrogens is 3. The van der Waals surface area contributed by atoms with Crippen molar-refractivity contribution in [2.45, 2.75) is 22.7 Å². The molecule has 1 saturated heterocycles. The van der Waals surface area contributed by atoms with Crippen molar-refractivity contribution < 1.29 is 29.1 Å². The summed E-state index contributed by atoms with van der Waals surface area (Å²) in [5.74, 6) is -2.69. The van der Waals surface area contributed by atoms with Gasteiger partial charge in [0.05, 0.1) is 0 Å². The maximum Gasteiger partial charge on any atom is 0.352 e. The van der Waals surface area contributed by atoms with Crippen LogP contribution in [-0.4, -0.2) is 76.7 Å². The highest BCUT2D eigenvalue weighted by atomic mass is 32.2. The van der Waals surface area contributed by atoms with Gasteiger partial charge in [-0.25, -0.2) is 19.6 Å². The molecule has 13 nitrogen and oxygen atoms in total. The molecule has 0 saturated carbocycles. The third-order valence-electron chi connectivity index (χ3n) is 4.49. The predicted molar refractivity (Wildman–Crippen MR) is 125 cm³/mol. The number of rotatable bonds is 8. The van der Waals surface area contributed by atoms with Gasteiger partial charge in [-0.05, 0) is 17.1 Å². The van der Waals surface area contributed by atoms with Crippen molar-refractivity contribution in [2.75, 3.05) is 17.2 Å². The summed E-state index contributed by atoms with van der Waals surface area (Å²) in [5, 5.41) is 16.9. The molecule has 2 aliphatic rings. The molecule has 34 heavy (non-hydrogen) atoms. The number of aliphatic carboxylic acids is 1. The molecule has 4 rings (SSSR count). The lowest BCUT2D eigenvalue weighted by Crippen LogP contribution is -2.71. The molecule has 1 fully saturated rings. The van der Waals surface area contributed by atoms with Gasteiger partial charge < -0.3 is 21.0 Å². The van der Waals surface area contributed by atoms with Crippen LogP contribution in [0.5, 0.6) is 0 Å². The molecule has 4 heterocycles. The smallest absolute Gasteiger partial charge is 0.352 e. The molecule has 178 valence electrons. The van der Waals surface area contributed by atoms with Crippen LogP contribution in [0.1, 0.15) is 12.6 Å². The van der Waals surface area contributed by atoms with Crippen molar-refractivity contribution in [1.29, 1.82) is 0 Å². The Kier molecular flexibility index (Phi) is 7.15. The Hall–Kier alpha value is -3.02. The summed E-state index contributed by atoms with van der Waals surface area (Å²) in [6.45, 7) is 1.11. The van der Waals surface area contributed by atoms with E-state index in [9.17, 15) is 24.3 Å². The lowest BCUT2D eigenvalue weighted by Gasteiger charge is -2.49. The standard InChI is InChI=1S/C17H15N7O6S4/c1-6(25)30-23-9(8-4-32-16(18)21-8)12(26)22-10-13(27)24-11(15(28)29)7(2-31-14(10)24)3-33-17-19-5-20-34-17/h4-5,10,14H,2-3H2,1H3,(H2,18,21)(H,22,26)(H,28,29)/t10?,14-/m0/s1. The van der Waals surface area contributed by atoms with Gasteiger partial charge in [-0.3, -0.25) is 14.5 Å². The van der Waals surface area contributed by atoms with E-state index in [1.807, 2.05) is 0 Å². The minimum Gasteiger partial charge on any atom is -0.477 e. The van der Waals surface area contributed by atoms with Crippen LogP contribution in [0, 0.1) is 0 Å². The first-order valence-corrected chi connectivity index (χ1v) is 13.0. The molecule has 0 aliphatic carbocycles. The molecule has 2 aliphatic heterocycles. The number of amides is 2. The van der Waals surface area contributed by atoms with Crippen molar-refractivity contribution in [1.82, 2.24) is 24.6 Å². The topological polar surface area (TPSA) is 190 Å². The van der Waals surface area contributed by atoms with E-state index in [0.717, 1.165) is 18.3 Å². The summed E-state index contributed by atoms with van der Waals surface area (Å²) in [7, 11) is 0. The Morgan fingerprint density at radius 1 is 1.44 bits per heavy atom. The van der Waals surface area contributed by atoms with E-state index in [1.165, 1.54) is 51.7 Å². The number of carboxylic acids is 1. The Morgan fingerprint density at radius 3 is 2.85 bits per heavy atom. The zero-order chi connectivity index (χ0) is 24.4. The van der Waals surface area contributed by atoms with Gasteiger partial charge in [-0.2, -0.15) is 4.37 Å². The lowest BCUT2D eigenvalue weighted by atomic mass is 10.0. The van der Waals surface area contributed by atoms with E-state index in [-0.39, 0.29) is 22.2 Å². The zero-order valence-electron chi connectivity index (χ0n) is 17.2. The number of thioether (sulfide) groups is 2. The fourth-order valence-corrected chi connectivity index (χ4v) is 6.57. The normalized spacial score (nSPS) is 20.0. The lowest BCUT2D eigenvalue weighted by molar-refractivity contribution is -0.150. The molecule has 4 N–H and O–H groups in total. The molecule has 2 atom stereocenters. The van der Waals surface area contributed by atoms with Gasteiger partial charge in [0.25, 0.3) is 11.8 Å². The number of anilines is 1. The maximum absolute atomic E-state index is 12.9. The first kappa shape index (κ1) is 24.1. The average Bonchev–Trinajstić information content (AvgIpc) is 3.47. The molecule has 0 spiro atoms. The van der Waals surface area contributed by atoms with E-state index >= 15 is 0 Å². The summed E-state index contributed by atoms with van der Waals surface area (Å²) in [6, 6.07) is -0.997. The molecular formula is C17H15N7O6S4. The fourth-order valence-electron chi connectivity index (χ4n) is 3.09. The number of thiazole rings is 1. The summed E-state index contributed by atoms with van der Waals surface area (Å²) in [6.07, 6.45) is 1.41. The van der Waals surface area contributed by atoms with Crippen LogP contribution in [0.15, 0.2) is 32.5 Å². The van der Waals surface area contributed by atoms with Crippen LogP contribution < -0.4 is 11.1 Å². The molecule has 0 bridgehead atoms. The fraction of sp³-hybridized carbons (Fsp3) is 0.294. The quantitative estimate of drug-likeness (QED) is 0.137. The van der Waals surface area contributed by atoms with Crippen molar-refractivity contribution in [3.8, 4) is 0 Å². The summed E-state index contributed by atoms with van der Waals surface area (Å²) in [4.78, 5) is 62.6. The van der Waals surface area contributed by atoms with Gasteiger partial charge in [0.15, 0.2) is 15.2 Å². The number of carbonyl (C=O) groups excluding carboxylic acids is 3. The number of carboxylic acid groups (broad SMARTS) is 1. The number of nitrogens with two attached hydrogens (primary N) is 1. The van der Waals surface area contributed by atoms with Gasteiger partial charge in [-0.15, -0.1) is 23.1 Å². The van der Waals surface area contributed by atoms with E-state index in [1.54, 1.807) is 0 Å². The number of hydrogen-bond donors (Lipinski definition) is 3. The predicted octanol–water partition coefficient (Wildman–Crippen LogP) is 0.375. The van der Waals surface area contributed by atoms with Crippen LogP contribution in [0.2, 0.25) is 0 Å². The minimum absolute atomic E-state index is 0.0725. The third-order valence-corrected chi connectivity index (χ3v) is 8.39. The second kappa shape index (κ2) is 10.1. The number of nitrogens with one attached hydrogen (secondary N) is 1. The zero-order valence-corrected chi connectivity index (χ0v) is 20.4. The van der Waals surface area contributed by atoms with E-state index in [4.69, 9.17) is 5.73 Å². The van der Waals surface area contributed by atoms with E-state index < -0.39 is 35.2 Å². The van der Waals surface area contributed by atoms with Gasteiger partial charge >= 0.3 is 11.9 Å². The third kappa shape index (κ3) is 4.91. The Balaban J connectivity index is 1.50. The molecular weight excluding hydrogens is 526 g/mol. The van der Waals surface area contributed by atoms with E-state index in [0.29, 0.717) is 21.4 Å². The second-order valence-electron chi connectivity index (χ2n) is 6.71. The van der Waals surface area contributed by atoms with Crippen LogP contribution in [0.4, 0.5) is 5.13 Å². The Morgan fingerprint density at radius 2 is 2.24 bits per heavy atom. The van der Waals surface area contributed by atoms with Crippen molar-refractivity contribution in [3.05, 3.63) is 28.7 Å². The number of nitrogens with zero attached hydrogens (tertiary/aromatic N) is 5. The van der Waals surface area contributed by atoms with Gasteiger partial charge in [0.2, 0.25) is 0 Å². The van der Waals surface area contributed by atoms with Crippen molar-refractivity contribution >= 4 is 81.0 Å². The molecule has 0 radical (unpaired) electrons. The molecule has 2 aromatic rings. The highest BCUT2D eigenvalue weighted by Gasteiger charge is 2.54. The average molecular weight is 542 g/mol. The van der Waals surface area contributed by atoms with Gasteiger partial charge in [-0.1, -0.05) is 16.9 Å². The number of nitrogen functional groups attached to an aromatic ring is 1. The first-order chi connectivity index (χ1) is 16.3. The Labute approximate surface area is 208 Å². The Bertz CT molecular complexity index is 1210. The largest absolute Gasteiger partial charge is 0.477 e. The highest BCUT2D eigenvalue weighted by molar-refractivity contribution is 8.01. The number of β-lactam (4-membered cyclic amide) rings is 1. The van der Waals surface area contributed by atoms with Crippen LogP contribution in [0.3, 0.4) is 0 Å². The molecule has 1 unspecified atom stereocenters. The molecule has 0 aromatic carbocycles. The van der Waals surface area contributed by atoms with Crippen LogP contribution in [0.25, 0.3) is 0 Å². The summed E-state index contributed by atoms with van der Waals surface area (Å²) < 4.78 is 4.59. The molecule has 2 aromatic heterocycles. The maximum atomic E-state index is 12.9. The first-order valence-electron chi connectivity index (χ1n) is 9.33. The summed E-state index contributed by atoms with van der Waals surface area (Å²) in [5.41, 5.74) is 5.82. The number of fused-ring (bicyclic) bond motifs is 1. The van der Waals surface area contributed by atoms with Gasteiger partial charge in [0, 0.05) is 23.8 Å².